The maximum absolute atomic E-state index is 12.2. The van der Waals surface area contributed by atoms with Crippen LogP contribution in [0.2, 0.25) is 5.02 Å². The molecule has 0 radical (unpaired) electrons. The number of aryl methyl sites for hydroxylation is 1. The predicted octanol–water partition coefficient (Wildman–Crippen LogP) is 1.87. The maximum atomic E-state index is 12.2. The molecule has 0 bridgehead atoms. The molecule has 0 aliphatic carbocycles. The minimum Gasteiger partial charge on any atom is -0.314 e. The van der Waals surface area contributed by atoms with Gasteiger partial charge in [-0.25, -0.2) is 9.67 Å². The molecule has 0 spiro atoms. The molecule has 23 heavy (non-hydrogen) atoms. The molecule has 1 N–H and O–H groups in total. The standard InChI is InChI=1S/C15H12ClN5O2/c1-20-9-7-17-13(15(20)23)18-14(22)12-6-8-21(19-12)11-4-2-10(16)3-5-11/h2-9H,1H3,(H,17,18,22). The lowest BCUT2D eigenvalue weighted by atomic mass is 10.3. The van der Waals surface area contributed by atoms with Gasteiger partial charge in [-0.3, -0.25) is 9.59 Å². The van der Waals surface area contributed by atoms with Crippen LogP contribution in [0, 0.1) is 0 Å². The Morgan fingerprint density at radius 1 is 1.17 bits per heavy atom. The van der Waals surface area contributed by atoms with Gasteiger partial charge in [0, 0.05) is 30.7 Å². The van der Waals surface area contributed by atoms with Crippen molar-refractivity contribution in [2.75, 3.05) is 5.32 Å². The van der Waals surface area contributed by atoms with Crippen LogP contribution in [0.25, 0.3) is 5.69 Å². The summed E-state index contributed by atoms with van der Waals surface area (Å²) in [5, 5.41) is 7.26. The summed E-state index contributed by atoms with van der Waals surface area (Å²) in [6.07, 6.45) is 4.59. The van der Waals surface area contributed by atoms with E-state index in [0.29, 0.717) is 5.02 Å². The van der Waals surface area contributed by atoms with Crippen molar-refractivity contribution < 1.29 is 4.79 Å². The Labute approximate surface area is 136 Å². The van der Waals surface area contributed by atoms with Gasteiger partial charge < -0.3 is 9.88 Å². The van der Waals surface area contributed by atoms with Crippen LogP contribution in [-0.2, 0) is 7.05 Å². The molecule has 3 rings (SSSR count). The molecular weight excluding hydrogens is 318 g/mol. The van der Waals surface area contributed by atoms with Gasteiger partial charge in [-0.1, -0.05) is 11.6 Å². The molecule has 0 fully saturated rings. The van der Waals surface area contributed by atoms with E-state index in [-0.39, 0.29) is 11.5 Å². The molecule has 8 heteroatoms. The molecule has 3 aromatic rings. The van der Waals surface area contributed by atoms with Crippen molar-refractivity contribution >= 4 is 23.3 Å². The lowest BCUT2D eigenvalue weighted by molar-refractivity contribution is 0.102. The Morgan fingerprint density at radius 2 is 1.91 bits per heavy atom. The third-order valence-corrected chi connectivity index (χ3v) is 3.41. The highest BCUT2D eigenvalue weighted by Crippen LogP contribution is 2.13. The Balaban J connectivity index is 1.82. The molecule has 2 aromatic heterocycles. The Bertz CT molecular complexity index is 914. The number of rotatable bonds is 3. The number of carbonyl (C=O) groups excluding carboxylic acids is 1. The molecule has 0 saturated heterocycles. The van der Waals surface area contributed by atoms with Crippen LogP contribution in [0.15, 0.2) is 53.7 Å². The fourth-order valence-corrected chi connectivity index (χ4v) is 2.06. The molecule has 0 aliphatic heterocycles. The van der Waals surface area contributed by atoms with Crippen LogP contribution >= 0.6 is 11.6 Å². The normalized spacial score (nSPS) is 10.5. The highest BCUT2D eigenvalue weighted by molar-refractivity contribution is 6.30. The molecule has 0 aliphatic rings. The number of hydrogen-bond acceptors (Lipinski definition) is 4. The lowest BCUT2D eigenvalue weighted by Gasteiger charge is -2.03. The van der Waals surface area contributed by atoms with Gasteiger partial charge >= 0.3 is 0 Å². The summed E-state index contributed by atoms with van der Waals surface area (Å²) < 4.78 is 2.87. The second-order valence-electron chi connectivity index (χ2n) is 4.77. The van der Waals surface area contributed by atoms with E-state index in [1.165, 1.54) is 17.0 Å². The van der Waals surface area contributed by atoms with Crippen LogP contribution in [0.1, 0.15) is 10.5 Å². The van der Waals surface area contributed by atoms with Gasteiger partial charge in [0.2, 0.25) is 0 Å². The van der Waals surface area contributed by atoms with Crippen LogP contribution < -0.4 is 10.9 Å². The van der Waals surface area contributed by atoms with Gasteiger partial charge in [-0.2, -0.15) is 5.10 Å². The van der Waals surface area contributed by atoms with Crippen LogP contribution in [0.3, 0.4) is 0 Å². The first kappa shape index (κ1) is 15.0. The summed E-state index contributed by atoms with van der Waals surface area (Å²) in [4.78, 5) is 27.9. The largest absolute Gasteiger partial charge is 0.314 e. The quantitative estimate of drug-likeness (QED) is 0.795. The maximum Gasteiger partial charge on any atom is 0.293 e. The average Bonchev–Trinajstić information content (AvgIpc) is 3.02. The van der Waals surface area contributed by atoms with E-state index in [2.05, 4.69) is 15.4 Å². The van der Waals surface area contributed by atoms with E-state index in [1.807, 2.05) is 0 Å². The van der Waals surface area contributed by atoms with Crippen LogP contribution in [0.4, 0.5) is 5.82 Å². The van der Waals surface area contributed by atoms with Crippen molar-refractivity contribution in [3.05, 3.63) is 70.0 Å². The van der Waals surface area contributed by atoms with Gasteiger partial charge in [-0.05, 0) is 30.3 Å². The monoisotopic (exact) mass is 329 g/mol. The second kappa shape index (κ2) is 6.05. The number of halogens is 1. The lowest BCUT2D eigenvalue weighted by Crippen LogP contribution is -2.25. The van der Waals surface area contributed by atoms with Crippen LogP contribution in [-0.4, -0.2) is 25.2 Å². The number of anilines is 1. The number of benzene rings is 1. The second-order valence-corrected chi connectivity index (χ2v) is 5.20. The number of carbonyl (C=O) groups is 1. The first-order chi connectivity index (χ1) is 11.0. The zero-order valence-corrected chi connectivity index (χ0v) is 12.9. The van der Waals surface area contributed by atoms with Gasteiger partial charge in [0.25, 0.3) is 11.5 Å². The molecule has 2 heterocycles. The molecule has 0 unspecified atom stereocenters. The number of aromatic nitrogens is 4. The summed E-state index contributed by atoms with van der Waals surface area (Å²) in [5.41, 5.74) is 0.549. The van der Waals surface area contributed by atoms with E-state index in [4.69, 9.17) is 11.6 Å². The average molecular weight is 330 g/mol. The molecule has 0 atom stereocenters. The summed E-state index contributed by atoms with van der Waals surface area (Å²) in [5.74, 6) is -0.547. The zero-order chi connectivity index (χ0) is 16.4. The van der Waals surface area contributed by atoms with Crippen molar-refractivity contribution in [2.45, 2.75) is 0 Å². The van der Waals surface area contributed by atoms with E-state index in [0.717, 1.165) is 5.69 Å². The number of hydrogen-bond donors (Lipinski definition) is 1. The van der Waals surface area contributed by atoms with E-state index >= 15 is 0 Å². The van der Waals surface area contributed by atoms with Gasteiger partial charge in [-0.15, -0.1) is 0 Å². The zero-order valence-electron chi connectivity index (χ0n) is 12.1. The smallest absolute Gasteiger partial charge is 0.293 e. The Kier molecular flexibility index (Phi) is 3.94. The van der Waals surface area contributed by atoms with Crippen LogP contribution in [0.5, 0.6) is 0 Å². The van der Waals surface area contributed by atoms with Gasteiger partial charge in [0.05, 0.1) is 5.69 Å². The van der Waals surface area contributed by atoms with Crippen molar-refractivity contribution in [1.82, 2.24) is 19.3 Å². The minimum atomic E-state index is -0.506. The number of amides is 1. The van der Waals surface area contributed by atoms with Gasteiger partial charge in [0.1, 0.15) is 0 Å². The fourth-order valence-electron chi connectivity index (χ4n) is 1.94. The summed E-state index contributed by atoms with van der Waals surface area (Å²) in [6, 6.07) is 8.58. The van der Waals surface area contributed by atoms with E-state index in [1.54, 1.807) is 48.3 Å². The third kappa shape index (κ3) is 3.14. The van der Waals surface area contributed by atoms with Gasteiger partial charge in [0.15, 0.2) is 11.5 Å². The van der Waals surface area contributed by atoms with Crippen molar-refractivity contribution in [1.29, 1.82) is 0 Å². The topological polar surface area (TPSA) is 81.8 Å². The fraction of sp³-hybridized carbons (Fsp3) is 0.0667. The number of nitrogens with zero attached hydrogens (tertiary/aromatic N) is 4. The molecule has 1 amide bonds. The molecule has 0 saturated carbocycles. The minimum absolute atomic E-state index is 0.0407. The highest BCUT2D eigenvalue weighted by atomic mass is 35.5. The Hall–Kier alpha value is -2.93. The van der Waals surface area contributed by atoms with E-state index < -0.39 is 11.5 Å². The van der Waals surface area contributed by atoms with E-state index in [9.17, 15) is 9.59 Å². The predicted molar refractivity (Wildman–Crippen MR) is 86.0 cm³/mol. The van der Waals surface area contributed by atoms with Crippen molar-refractivity contribution in [3.8, 4) is 5.69 Å². The van der Waals surface area contributed by atoms with Crippen molar-refractivity contribution in [3.63, 3.8) is 0 Å². The summed E-state index contributed by atoms with van der Waals surface area (Å²) >= 11 is 5.84. The Morgan fingerprint density at radius 3 is 2.65 bits per heavy atom. The molecule has 116 valence electrons. The summed E-state index contributed by atoms with van der Waals surface area (Å²) in [7, 11) is 1.58. The third-order valence-electron chi connectivity index (χ3n) is 3.16. The number of nitrogens with one attached hydrogen (secondary N) is 1. The first-order valence-corrected chi connectivity index (χ1v) is 7.07. The highest BCUT2D eigenvalue weighted by Gasteiger charge is 2.13. The molecule has 1 aromatic carbocycles. The SMILES string of the molecule is Cn1ccnc(NC(=O)c2ccn(-c3ccc(Cl)cc3)n2)c1=O. The molecule has 7 nitrogen and oxygen atoms in total. The molecular formula is C15H12ClN5O2. The summed E-state index contributed by atoms with van der Waals surface area (Å²) in [6.45, 7) is 0. The van der Waals surface area contributed by atoms with Crippen molar-refractivity contribution in [2.24, 2.45) is 7.05 Å². The first-order valence-electron chi connectivity index (χ1n) is 6.69.